The molecule has 5 unspecified atom stereocenters. The maximum absolute atomic E-state index is 9.51. The lowest BCUT2D eigenvalue weighted by atomic mass is 9.98. The zero-order valence-electron chi connectivity index (χ0n) is 6.71. The number of hydrogen-bond acceptors (Lipinski definition) is 6. The van der Waals surface area contributed by atoms with Gasteiger partial charge in [-0.05, 0) is 0 Å². The number of rotatable bonds is 2. The summed E-state index contributed by atoms with van der Waals surface area (Å²) in [6, 6.07) is -0.810. The molecule has 0 aromatic heterocycles. The maximum atomic E-state index is 9.51. The van der Waals surface area contributed by atoms with Crippen LogP contribution in [0.5, 0.6) is 0 Å². The summed E-state index contributed by atoms with van der Waals surface area (Å²) in [6.45, 7) is -0.387. The van der Waals surface area contributed by atoms with Gasteiger partial charge in [-0.25, -0.2) is 0 Å². The third-order valence-electron chi connectivity index (χ3n) is 2.02. The summed E-state index contributed by atoms with van der Waals surface area (Å²) < 4.78 is 9.70. The lowest BCUT2D eigenvalue weighted by Gasteiger charge is -2.39. The van der Waals surface area contributed by atoms with Crippen LogP contribution in [0, 0.1) is 0 Å². The van der Waals surface area contributed by atoms with Crippen molar-refractivity contribution in [2.45, 2.75) is 30.6 Å². The first-order valence-corrected chi connectivity index (χ1v) is 4.65. The van der Waals surface area contributed by atoms with Gasteiger partial charge in [0.2, 0.25) is 0 Å². The Morgan fingerprint density at radius 1 is 1.46 bits per heavy atom. The molecule has 1 aliphatic heterocycles. The molecule has 78 valence electrons. The third kappa shape index (κ3) is 2.29. The fraction of sp³-hybridized carbons (Fsp3) is 1.00. The Balaban J connectivity index is 2.69. The number of halogens is 1. The minimum atomic E-state index is -1.22. The number of ether oxygens (including phenoxy) is 1. The van der Waals surface area contributed by atoms with Crippen molar-refractivity contribution in [2.75, 3.05) is 6.61 Å². The summed E-state index contributed by atoms with van der Waals surface area (Å²) in [5.74, 6) is 0. The second-order valence-electron chi connectivity index (χ2n) is 2.87. The Bertz CT molecular complexity index is 171. The monoisotopic (exact) mass is 305 g/mol. The standard InChI is InChI=1S/C6H12INO5/c7-13-5-3(8)6(11)12-2(1-9)4(5)10/h2-6,9-11H,1,8H2. The van der Waals surface area contributed by atoms with E-state index in [0.29, 0.717) is 0 Å². The molecule has 6 nitrogen and oxygen atoms in total. The van der Waals surface area contributed by atoms with E-state index in [-0.39, 0.29) is 6.61 Å². The van der Waals surface area contributed by atoms with Gasteiger partial charge in [-0.3, -0.25) is 0 Å². The highest BCUT2D eigenvalue weighted by atomic mass is 127. The molecule has 0 aliphatic carbocycles. The fourth-order valence-corrected chi connectivity index (χ4v) is 1.85. The molecule has 0 amide bonds. The molecule has 0 aromatic rings. The van der Waals surface area contributed by atoms with Crippen LogP contribution in [0.15, 0.2) is 0 Å². The van der Waals surface area contributed by atoms with E-state index in [1.54, 1.807) is 23.0 Å². The van der Waals surface area contributed by atoms with Gasteiger partial charge in [-0.15, -0.1) is 0 Å². The van der Waals surface area contributed by atoms with Crippen molar-refractivity contribution in [2.24, 2.45) is 5.73 Å². The Morgan fingerprint density at radius 3 is 2.54 bits per heavy atom. The number of nitrogens with two attached hydrogens (primary N) is 1. The molecule has 0 spiro atoms. The van der Waals surface area contributed by atoms with Crippen molar-refractivity contribution in [1.82, 2.24) is 0 Å². The highest BCUT2D eigenvalue weighted by Gasteiger charge is 2.43. The molecule has 5 atom stereocenters. The van der Waals surface area contributed by atoms with Crippen LogP contribution in [0.1, 0.15) is 0 Å². The highest BCUT2D eigenvalue weighted by Crippen LogP contribution is 2.22. The van der Waals surface area contributed by atoms with Crippen molar-refractivity contribution < 1.29 is 23.1 Å². The fourth-order valence-electron chi connectivity index (χ4n) is 1.21. The largest absolute Gasteiger partial charge is 0.394 e. The normalized spacial score (nSPS) is 46.4. The van der Waals surface area contributed by atoms with Gasteiger partial charge in [0.25, 0.3) is 0 Å². The topological polar surface area (TPSA) is 105 Å². The SMILES string of the molecule is NC1C(O)OC(CO)C(O)C1OI. The zero-order chi connectivity index (χ0) is 10.0. The molecule has 0 saturated carbocycles. The molecule has 1 aliphatic rings. The van der Waals surface area contributed by atoms with Crippen LogP contribution in [-0.2, 0) is 7.80 Å². The average molecular weight is 305 g/mol. The molecule has 0 bridgehead atoms. The van der Waals surface area contributed by atoms with E-state index >= 15 is 0 Å². The van der Waals surface area contributed by atoms with E-state index in [9.17, 15) is 10.2 Å². The summed E-state index contributed by atoms with van der Waals surface area (Å²) in [4.78, 5) is 0. The number of hydrogen-bond donors (Lipinski definition) is 4. The van der Waals surface area contributed by atoms with E-state index in [1.165, 1.54) is 0 Å². The van der Waals surface area contributed by atoms with Crippen molar-refractivity contribution >= 4 is 23.0 Å². The first-order chi connectivity index (χ1) is 6.11. The Kier molecular flexibility index (Phi) is 4.29. The second-order valence-corrected chi connectivity index (χ2v) is 3.38. The van der Waals surface area contributed by atoms with Crippen LogP contribution in [0.3, 0.4) is 0 Å². The molecular formula is C6H12INO5. The molecule has 5 N–H and O–H groups in total. The van der Waals surface area contributed by atoms with E-state index in [1.807, 2.05) is 0 Å². The van der Waals surface area contributed by atoms with Gasteiger partial charge in [-0.2, -0.15) is 0 Å². The average Bonchev–Trinajstić information content (AvgIpc) is 2.12. The number of aliphatic hydroxyl groups excluding tert-OH is 3. The second kappa shape index (κ2) is 4.82. The lowest BCUT2D eigenvalue weighted by molar-refractivity contribution is -0.240. The Morgan fingerprint density at radius 2 is 2.08 bits per heavy atom. The first kappa shape index (κ1) is 11.6. The van der Waals surface area contributed by atoms with E-state index in [2.05, 4.69) is 0 Å². The van der Waals surface area contributed by atoms with Gasteiger partial charge >= 0.3 is 0 Å². The Labute approximate surface area is 89.3 Å². The van der Waals surface area contributed by atoms with Crippen molar-refractivity contribution in [1.29, 1.82) is 0 Å². The minimum absolute atomic E-state index is 0.387. The summed E-state index contributed by atoms with van der Waals surface area (Å²) >= 11 is 1.59. The Hall–Kier alpha value is 0.490. The summed E-state index contributed by atoms with van der Waals surface area (Å²) in [5.41, 5.74) is 5.49. The van der Waals surface area contributed by atoms with Gasteiger partial charge in [0, 0.05) is 0 Å². The molecule has 0 aromatic carbocycles. The lowest BCUT2D eigenvalue weighted by Crippen LogP contribution is -2.62. The van der Waals surface area contributed by atoms with Crippen LogP contribution in [0.4, 0.5) is 0 Å². The van der Waals surface area contributed by atoms with Crippen LogP contribution in [0.25, 0.3) is 0 Å². The van der Waals surface area contributed by atoms with E-state index in [4.69, 9.17) is 18.6 Å². The van der Waals surface area contributed by atoms with E-state index < -0.39 is 30.6 Å². The minimum Gasteiger partial charge on any atom is -0.394 e. The number of aliphatic hydroxyl groups is 3. The maximum Gasteiger partial charge on any atom is 0.173 e. The molecule has 1 heterocycles. The molecule has 1 saturated heterocycles. The predicted octanol–water partition coefficient (Wildman–Crippen LogP) is -1.88. The van der Waals surface area contributed by atoms with Crippen LogP contribution < -0.4 is 5.73 Å². The summed E-state index contributed by atoms with van der Waals surface area (Å²) in [6.07, 6.45) is -3.84. The van der Waals surface area contributed by atoms with Gasteiger partial charge in [0.1, 0.15) is 41.3 Å². The first-order valence-electron chi connectivity index (χ1n) is 3.77. The van der Waals surface area contributed by atoms with Gasteiger partial charge in [0.15, 0.2) is 6.29 Å². The molecule has 0 radical (unpaired) electrons. The van der Waals surface area contributed by atoms with Crippen LogP contribution >= 0.6 is 23.0 Å². The molecular weight excluding hydrogens is 293 g/mol. The molecule has 1 fully saturated rings. The summed E-state index contributed by atoms with van der Waals surface area (Å²) in [5, 5.41) is 27.5. The van der Waals surface area contributed by atoms with Crippen LogP contribution in [-0.4, -0.2) is 52.6 Å². The molecule has 1 rings (SSSR count). The van der Waals surface area contributed by atoms with Gasteiger partial charge in [0.05, 0.1) is 12.6 Å². The molecule has 7 heteroatoms. The van der Waals surface area contributed by atoms with Crippen LogP contribution in [0.2, 0.25) is 0 Å². The predicted molar refractivity (Wildman–Crippen MR) is 50.8 cm³/mol. The third-order valence-corrected chi connectivity index (χ3v) is 2.61. The summed E-state index contributed by atoms with van der Waals surface area (Å²) in [7, 11) is 0. The van der Waals surface area contributed by atoms with Gasteiger partial charge < -0.3 is 28.9 Å². The zero-order valence-corrected chi connectivity index (χ0v) is 8.86. The van der Waals surface area contributed by atoms with E-state index in [0.717, 1.165) is 0 Å². The quantitative estimate of drug-likeness (QED) is 0.445. The van der Waals surface area contributed by atoms with Gasteiger partial charge in [-0.1, -0.05) is 0 Å². The van der Waals surface area contributed by atoms with Crippen molar-refractivity contribution in [3.63, 3.8) is 0 Å². The highest BCUT2D eigenvalue weighted by molar-refractivity contribution is 14.1. The van der Waals surface area contributed by atoms with Crippen molar-refractivity contribution in [3.8, 4) is 0 Å². The molecule has 13 heavy (non-hydrogen) atoms. The van der Waals surface area contributed by atoms with Crippen molar-refractivity contribution in [3.05, 3.63) is 0 Å². The smallest absolute Gasteiger partial charge is 0.173 e.